The predicted molar refractivity (Wildman–Crippen MR) is 75.5 cm³/mol. The lowest BCUT2D eigenvalue weighted by Gasteiger charge is -2.30. The van der Waals surface area contributed by atoms with Gasteiger partial charge in [0.25, 0.3) is 5.91 Å². The van der Waals surface area contributed by atoms with Crippen LogP contribution in [0, 0.1) is 5.92 Å². The Morgan fingerprint density at radius 3 is 3.00 bits per heavy atom. The number of rotatable bonds is 4. The average Bonchev–Trinajstić information content (AvgIpc) is 2.42. The van der Waals surface area contributed by atoms with Gasteiger partial charge in [-0.05, 0) is 44.5 Å². The average molecular weight is 262 g/mol. The van der Waals surface area contributed by atoms with Crippen molar-refractivity contribution in [1.29, 1.82) is 0 Å². The summed E-state index contributed by atoms with van der Waals surface area (Å²) in [4.78, 5) is 12.3. The molecule has 4 nitrogen and oxygen atoms in total. The Morgan fingerprint density at radius 1 is 1.47 bits per heavy atom. The van der Waals surface area contributed by atoms with Gasteiger partial charge in [0, 0.05) is 6.04 Å². The maximum atomic E-state index is 12.3. The first kappa shape index (κ1) is 13.9. The molecular formula is C15H22N2O2. The van der Waals surface area contributed by atoms with E-state index in [0.29, 0.717) is 23.8 Å². The topological polar surface area (TPSA) is 50.4 Å². The van der Waals surface area contributed by atoms with Crippen LogP contribution >= 0.6 is 0 Å². The largest absolute Gasteiger partial charge is 0.493 e. The van der Waals surface area contributed by atoms with Crippen LogP contribution in [-0.4, -0.2) is 31.6 Å². The molecule has 4 heteroatoms. The fraction of sp³-hybridized carbons (Fsp3) is 0.533. The van der Waals surface area contributed by atoms with Crippen molar-refractivity contribution in [1.82, 2.24) is 10.6 Å². The van der Waals surface area contributed by atoms with Crippen LogP contribution in [0.3, 0.4) is 0 Å². The monoisotopic (exact) mass is 262 g/mol. The van der Waals surface area contributed by atoms with Crippen LogP contribution in [-0.2, 0) is 0 Å². The van der Waals surface area contributed by atoms with E-state index < -0.39 is 0 Å². The summed E-state index contributed by atoms with van der Waals surface area (Å²) in [5.41, 5.74) is 0.620. The summed E-state index contributed by atoms with van der Waals surface area (Å²) in [5, 5.41) is 6.46. The molecule has 1 aromatic rings. The number of hydrogen-bond acceptors (Lipinski definition) is 3. The van der Waals surface area contributed by atoms with Crippen molar-refractivity contribution >= 4 is 5.91 Å². The van der Waals surface area contributed by atoms with Gasteiger partial charge in [-0.2, -0.15) is 0 Å². The normalized spacial score (nSPS) is 22.8. The zero-order valence-electron chi connectivity index (χ0n) is 11.6. The van der Waals surface area contributed by atoms with Crippen LogP contribution in [0.2, 0.25) is 0 Å². The highest BCUT2D eigenvalue weighted by molar-refractivity contribution is 5.97. The molecule has 2 unspecified atom stereocenters. The molecule has 1 aliphatic rings. The Bertz CT molecular complexity index is 434. The predicted octanol–water partition coefficient (Wildman–Crippen LogP) is 1.81. The van der Waals surface area contributed by atoms with Crippen LogP contribution in [0.25, 0.3) is 0 Å². The molecule has 1 aromatic carbocycles. The lowest BCUT2D eigenvalue weighted by molar-refractivity contribution is 0.0910. The maximum Gasteiger partial charge on any atom is 0.255 e. The Hall–Kier alpha value is -1.55. The van der Waals surface area contributed by atoms with Crippen molar-refractivity contribution in [3.05, 3.63) is 29.8 Å². The van der Waals surface area contributed by atoms with Gasteiger partial charge in [-0.15, -0.1) is 0 Å². The van der Waals surface area contributed by atoms with E-state index in [1.807, 2.05) is 31.2 Å². The minimum atomic E-state index is -0.0391. The molecule has 2 atom stereocenters. The smallest absolute Gasteiger partial charge is 0.255 e. The van der Waals surface area contributed by atoms with Gasteiger partial charge < -0.3 is 15.4 Å². The second kappa shape index (κ2) is 6.57. The highest BCUT2D eigenvalue weighted by Crippen LogP contribution is 2.19. The standard InChI is InChI=1S/C15H22N2O2/c1-3-19-14-7-5-4-6-12(14)15(18)17-13-8-9-16-10-11(13)2/h4-7,11,13,16H,3,8-10H2,1-2H3,(H,17,18). The summed E-state index contributed by atoms with van der Waals surface area (Å²) in [6.45, 7) is 6.56. The van der Waals surface area contributed by atoms with Gasteiger partial charge in [-0.3, -0.25) is 4.79 Å². The number of benzene rings is 1. The van der Waals surface area contributed by atoms with Crippen LogP contribution in [0.1, 0.15) is 30.6 Å². The van der Waals surface area contributed by atoms with Gasteiger partial charge in [-0.25, -0.2) is 0 Å². The Balaban J connectivity index is 2.06. The summed E-state index contributed by atoms with van der Waals surface area (Å²) in [6.07, 6.45) is 0.976. The Morgan fingerprint density at radius 2 is 2.26 bits per heavy atom. The molecule has 2 rings (SSSR count). The number of hydrogen-bond donors (Lipinski definition) is 2. The summed E-state index contributed by atoms with van der Waals surface area (Å²) >= 11 is 0. The van der Waals surface area contributed by atoms with E-state index in [1.54, 1.807) is 0 Å². The first-order chi connectivity index (χ1) is 9.22. The van der Waals surface area contributed by atoms with E-state index in [0.717, 1.165) is 19.5 Å². The molecule has 0 bridgehead atoms. The van der Waals surface area contributed by atoms with E-state index in [2.05, 4.69) is 17.6 Å². The van der Waals surface area contributed by atoms with Gasteiger partial charge in [0.2, 0.25) is 0 Å². The molecule has 0 saturated carbocycles. The molecule has 0 aromatic heterocycles. The molecule has 1 amide bonds. The summed E-state index contributed by atoms with van der Waals surface area (Å²) in [5.74, 6) is 1.07. The molecule has 0 radical (unpaired) electrons. The van der Waals surface area contributed by atoms with Gasteiger partial charge in [0.15, 0.2) is 0 Å². The van der Waals surface area contributed by atoms with Crippen molar-refractivity contribution in [2.75, 3.05) is 19.7 Å². The second-order valence-electron chi connectivity index (χ2n) is 4.98. The minimum absolute atomic E-state index is 0.0391. The summed E-state index contributed by atoms with van der Waals surface area (Å²) < 4.78 is 5.50. The van der Waals surface area contributed by atoms with Crippen molar-refractivity contribution in [3.63, 3.8) is 0 Å². The maximum absolute atomic E-state index is 12.3. The molecule has 1 saturated heterocycles. The zero-order chi connectivity index (χ0) is 13.7. The molecule has 2 N–H and O–H groups in total. The summed E-state index contributed by atoms with van der Waals surface area (Å²) in [7, 11) is 0. The van der Waals surface area contributed by atoms with E-state index in [9.17, 15) is 4.79 Å². The Kier molecular flexibility index (Phi) is 4.80. The quantitative estimate of drug-likeness (QED) is 0.870. The number of amides is 1. The van der Waals surface area contributed by atoms with Crippen molar-refractivity contribution in [2.24, 2.45) is 5.92 Å². The Labute approximate surface area is 114 Å². The summed E-state index contributed by atoms with van der Waals surface area (Å²) in [6, 6.07) is 7.64. The van der Waals surface area contributed by atoms with Crippen LogP contribution in [0.5, 0.6) is 5.75 Å². The zero-order valence-corrected chi connectivity index (χ0v) is 11.6. The highest BCUT2D eigenvalue weighted by Gasteiger charge is 2.24. The third kappa shape index (κ3) is 3.47. The lowest BCUT2D eigenvalue weighted by Crippen LogP contribution is -2.48. The number of para-hydroxylation sites is 1. The number of carbonyl (C=O) groups excluding carboxylic acids is 1. The van der Waals surface area contributed by atoms with E-state index in [-0.39, 0.29) is 11.9 Å². The van der Waals surface area contributed by atoms with Crippen molar-refractivity contribution in [3.8, 4) is 5.75 Å². The molecule has 1 aliphatic heterocycles. The van der Waals surface area contributed by atoms with Gasteiger partial charge >= 0.3 is 0 Å². The number of carbonyl (C=O) groups is 1. The first-order valence-electron chi connectivity index (χ1n) is 6.95. The third-order valence-electron chi connectivity index (χ3n) is 3.53. The van der Waals surface area contributed by atoms with Gasteiger partial charge in [0.05, 0.1) is 12.2 Å². The van der Waals surface area contributed by atoms with Crippen LogP contribution < -0.4 is 15.4 Å². The lowest BCUT2D eigenvalue weighted by atomic mass is 9.95. The SMILES string of the molecule is CCOc1ccccc1C(=O)NC1CCNCC1C. The molecule has 0 aliphatic carbocycles. The number of piperidine rings is 1. The first-order valence-corrected chi connectivity index (χ1v) is 6.95. The van der Waals surface area contributed by atoms with Crippen LogP contribution in [0.15, 0.2) is 24.3 Å². The molecule has 0 spiro atoms. The number of ether oxygens (including phenoxy) is 1. The minimum Gasteiger partial charge on any atom is -0.493 e. The fourth-order valence-corrected chi connectivity index (χ4v) is 2.41. The van der Waals surface area contributed by atoms with Crippen molar-refractivity contribution in [2.45, 2.75) is 26.3 Å². The highest BCUT2D eigenvalue weighted by atomic mass is 16.5. The van der Waals surface area contributed by atoms with Crippen LogP contribution in [0.4, 0.5) is 0 Å². The molecule has 19 heavy (non-hydrogen) atoms. The van der Waals surface area contributed by atoms with E-state index >= 15 is 0 Å². The fourth-order valence-electron chi connectivity index (χ4n) is 2.41. The molecule has 104 valence electrons. The third-order valence-corrected chi connectivity index (χ3v) is 3.53. The second-order valence-corrected chi connectivity index (χ2v) is 4.98. The molecule has 1 fully saturated rings. The van der Waals surface area contributed by atoms with E-state index in [4.69, 9.17) is 4.74 Å². The van der Waals surface area contributed by atoms with Gasteiger partial charge in [-0.1, -0.05) is 19.1 Å². The molecular weight excluding hydrogens is 240 g/mol. The van der Waals surface area contributed by atoms with Crippen molar-refractivity contribution < 1.29 is 9.53 Å². The number of nitrogens with one attached hydrogen (secondary N) is 2. The van der Waals surface area contributed by atoms with E-state index in [1.165, 1.54) is 0 Å². The van der Waals surface area contributed by atoms with Gasteiger partial charge in [0.1, 0.15) is 5.75 Å². The molecule has 1 heterocycles.